The Balaban J connectivity index is 1.75. The molecule has 0 aromatic heterocycles. The first-order valence-corrected chi connectivity index (χ1v) is 5.77. The molecule has 2 unspecified atom stereocenters. The molecule has 0 aromatic rings. The average molecular weight is 199 g/mol. The molecule has 2 saturated carbocycles. The van der Waals surface area contributed by atoms with Crippen molar-refractivity contribution >= 4 is 17.3 Å². The molecule has 0 heterocycles. The first-order chi connectivity index (χ1) is 6.22. The van der Waals surface area contributed by atoms with Gasteiger partial charge in [-0.25, -0.2) is 0 Å². The minimum Gasteiger partial charge on any atom is -0.593 e. The van der Waals surface area contributed by atoms with Gasteiger partial charge in [0.15, 0.2) is 0 Å². The van der Waals surface area contributed by atoms with Crippen LogP contribution in [0.25, 0.3) is 0 Å². The SMILES string of the molecule is C=CC1C[C@@H]1C(=O)N[S+]([O-])C1CC1. The summed E-state index contributed by atoms with van der Waals surface area (Å²) < 4.78 is 13.8. The van der Waals surface area contributed by atoms with Crippen molar-refractivity contribution in [2.24, 2.45) is 11.8 Å². The molecule has 2 aliphatic rings. The molecule has 1 N–H and O–H groups in total. The normalized spacial score (nSPS) is 33.6. The molecule has 2 rings (SSSR count). The summed E-state index contributed by atoms with van der Waals surface area (Å²) in [5, 5.41) is 0.227. The fourth-order valence-electron chi connectivity index (χ4n) is 1.32. The monoisotopic (exact) mass is 199 g/mol. The van der Waals surface area contributed by atoms with Crippen LogP contribution in [-0.4, -0.2) is 15.7 Å². The van der Waals surface area contributed by atoms with Crippen LogP contribution in [0.5, 0.6) is 0 Å². The molecule has 3 atom stereocenters. The number of carbonyl (C=O) groups is 1. The Kier molecular flexibility index (Phi) is 2.34. The maximum absolute atomic E-state index is 11.4. The molecule has 0 aromatic carbocycles. The lowest BCUT2D eigenvalue weighted by molar-refractivity contribution is -0.120. The molecule has 0 radical (unpaired) electrons. The van der Waals surface area contributed by atoms with Crippen LogP contribution in [-0.2, 0) is 16.2 Å². The molecule has 2 fully saturated rings. The van der Waals surface area contributed by atoms with Gasteiger partial charge < -0.3 is 4.55 Å². The molecule has 2 aliphatic carbocycles. The topological polar surface area (TPSA) is 52.2 Å². The highest BCUT2D eigenvalue weighted by molar-refractivity contribution is 7.90. The van der Waals surface area contributed by atoms with Crippen molar-refractivity contribution in [3.8, 4) is 0 Å². The molecular formula is C9H13NO2S. The van der Waals surface area contributed by atoms with Crippen molar-refractivity contribution in [2.75, 3.05) is 0 Å². The lowest BCUT2D eigenvalue weighted by Gasteiger charge is -2.08. The zero-order valence-electron chi connectivity index (χ0n) is 7.36. The van der Waals surface area contributed by atoms with Crippen LogP contribution < -0.4 is 4.72 Å². The first kappa shape index (κ1) is 9.09. The third-order valence-electron chi connectivity index (χ3n) is 2.51. The number of allylic oxidation sites excluding steroid dienone is 1. The minimum absolute atomic E-state index is 0.0419. The smallest absolute Gasteiger partial charge is 0.264 e. The van der Waals surface area contributed by atoms with Gasteiger partial charge in [-0.05, 0) is 12.3 Å². The van der Waals surface area contributed by atoms with Gasteiger partial charge in [-0.1, -0.05) is 6.08 Å². The predicted octanol–water partition coefficient (Wildman–Crippen LogP) is 0.751. The Morgan fingerprint density at radius 1 is 1.62 bits per heavy atom. The summed E-state index contributed by atoms with van der Waals surface area (Å²) in [5.74, 6) is 0.298. The van der Waals surface area contributed by atoms with Gasteiger partial charge in [-0.2, -0.15) is 4.72 Å². The van der Waals surface area contributed by atoms with E-state index in [4.69, 9.17) is 0 Å². The van der Waals surface area contributed by atoms with Crippen molar-refractivity contribution in [3.05, 3.63) is 12.7 Å². The Morgan fingerprint density at radius 2 is 2.31 bits per heavy atom. The third-order valence-corrected chi connectivity index (χ3v) is 3.99. The maximum Gasteiger partial charge on any atom is 0.264 e. The van der Waals surface area contributed by atoms with Gasteiger partial charge in [0.25, 0.3) is 5.91 Å². The predicted molar refractivity (Wildman–Crippen MR) is 51.1 cm³/mol. The van der Waals surface area contributed by atoms with Crippen LogP contribution in [0.1, 0.15) is 19.3 Å². The second-order valence-corrected chi connectivity index (χ2v) is 5.17. The highest BCUT2D eigenvalue weighted by Crippen LogP contribution is 2.39. The van der Waals surface area contributed by atoms with Gasteiger partial charge in [-0.3, -0.25) is 4.79 Å². The number of nitrogens with one attached hydrogen (secondary N) is 1. The van der Waals surface area contributed by atoms with Gasteiger partial charge >= 0.3 is 0 Å². The summed E-state index contributed by atoms with van der Waals surface area (Å²) in [4.78, 5) is 11.4. The van der Waals surface area contributed by atoms with E-state index in [0.717, 1.165) is 19.3 Å². The van der Waals surface area contributed by atoms with E-state index in [-0.39, 0.29) is 17.1 Å². The van der Waals surface area contributed by atoms with Crippen LogP contribution >= 0.6 is 0 Å². The average Bonchev–Trinajstić information content (AvgIpc) is 2.98. The zero-order valence-corrected chi connectivity index (χ0v) is 8.18. The second-order valence-electron chi connectivity index (χ2n) is 3.70. The highest BCUT2D eigenvalue weighted by atomic mass is 32.2. The molecule has 0 bridgehead atoms. The van der Waals surface area contributed by atoms with Crippen molar-refractivity contribution in [1.29, 1.82) is 0 Å². The highest BCUT2D eigenvalue weighted by Gasteiger charge is 2.44. The number of rotatable bonds is 4. The maximum atomic E-state index is 11.4. The van der Waals surface area contributed by atoms with Crippen LogP contribution in [0.15, 0.2) is 12.7 Å². The summed E-state index contributed by atoms with van der Waals surface area (Å²) in [7, 11) is 0. The molecule has 1 amide bonds. The summed E-state index contributed by atoms with van der Waals surface area (Å²) >= 11 is -1.12. The molecule has 3 nitrogen and oxygen atoms in total. The number of hydrogen-bond acceptors (Lipinski definition) is 2. The van der Waals surface area contributed by atoms with Gasteiger partial charge in [0.1, 0.15) is 5.25 Å². The van der Waals surface area contributed by atoms with Crippen molar-refractivity contribution in [2.45, 2.75) is 24.5 Å². The quantitative estimate of drug-likeness (QED) is 0.536. The minimum atomic E-state index is -1.12. The second kappa shape index (κ2) is 3.35. The number of hydrogen-bond donors (Lipinski definition) is 1. The molecule has 4 heteroatoms. The lowest BCUT2D eigenvalue weighted by atomic mass is 10.3. The fraction of sp³-hybridized carbons (Fsp3) is 0.667. The van der Waals surface area contributed by atoms with E-state index in [2.05, 4.69) is 11.3 Å². The van der Waals surface area contributed by atoms with Crippen LogP contribution in [0.4, 0.5) is 0 Å². The number of carbonyl (C=O) groups excluding carboxylic acids is 1. The molecule has 0 aliphatic heterocycles. The van der Waals surface area contributed by atoms with Gasteiger partial charge in [-0.15, -0.1) is 6.58 Å². The van der Waals surface area contributed by atoms with Crippen molar-refractivity contribution in [1.82, 2.24) is 4.72 Å². The summed E-state index contributed by atoms with van der Waals surface area (Å²) in [6.07, 6.45) is 4.65. The van der Waals surface area contributed by atoms with Crippen molar-refractivity contribution < 1.29 is 9.35 Å². The number of amides is 1. The lowest BCUT2D eigenvalue weighted by Crippen LogP contribution is -2.34. The van der Waals surface area contributed by atoms with E-state index in [9.17, 15) is 9.35 Å². The molecule has 0 saturated heterocycles. The van der Waals surface area contributed by atoms with Gasteiger partial charge in [0.05, 0.1) is 11.4 Å². The molecule has 0 spiro atoms. The third kappa shape index (κ3) is 2.06. The zero-order chi connectivity index (χ0) is 9.42. The van der Waals surface area contributed by atoms with Gasteiger partial charge in [0, 0.05) is 18.8 Å². The molecular weight excluding hydrogens is 186 g/mol. The standard InChI is InChI=1S/C9H13NO2S/c1-2-6-5-8(6)9(11)10-13(12)7-3-4-7/h2,6-8H,1,3-5H2,(H,10,11)/t6?,8-,13?/m0/s1. The summed E-state index contributed by atoms with van der Waals surface area (Å²) in [6, 6.07) is 0. The van der Waals surface area contributed by atoms with Crippen molar-refractivity contribution in [3.63, 3.8) is 0 Å². The first-order valence-electron chi connectivity index (χ1n) is 4.56. The largest absolute Gasteiger partial charge is 0.593 e. The summed E-state index contributed by atoms with van der Waals surface area (Å²) in [5.41, 5.74) is 0. The van der Waals surface area contributed by atoms with E-state index in [1.807, 2.05) is 0 Å². The van der Waals surface area contributed by atoms with Crippen LogP contribution in [0.3, 0.4) is 0 Å². The molecule has 72 valence electrons. The Bertz CT molecular complexity index is 240. The fourth-order valence-corrected chi connectivity index (χ4v) is 2.40. The Hall–Kier alpha value is -0.480. The van der Waals surface area contributed by atoms with E-state index in [1.54, 1.807) is 6.08 Å². The van der Waals surface area contributed by atoms with E-state index >= 15 is 0 Å². The van der Waals surface area contributed by atoms with E-state index in [0.29, 0.717) is 5.92 Å². The van der Waals surface area contributed by atoms with E-state index in [1.165, 1.54) is 0 Å². The van der Waals surface area contributed by atoms with E-state index < -0.39 is 11.4 Å². The Morgan fingerprint density at radius 3 is 2.77 bits per heavy atom. The van der Waals surface area contributed by atoms with Gasteiger partial charge in [0.2, 0.25) is 0 Å². The molecule has 13 heavy (non-hydrogen) atoms. The van der Waals surface area contributed by atoms with Crippen LogP contribution in [0.2, 0.25) is 0 Å². The summed E-state index contributed by atoms with van der Waals surface area (Å²) in [6.45, 7) is 3.63. The van der Waals surface area contributed by atoms with Crippen LogP contribution in [0, 0.1) is 11.8 Å². The Labute approximate surface area is 80.9 Å².